The van der Waals surface area contributed by atoms with Crippen molar-refractivity contribution in [2.75, 3.05) is 6.54 Å². The summed E-state index contributed by atoms with van der Waals surface area (Å²) in [5, 5.41) is 1.57. The van der Waals surface area contributed by atoms with Crippen molar-refractivity contribution >= 4 is 56.6 Å². The highest BCUT2D eigenvalue weighted by Crippen LogP contribution is 2.40. The van der Waals surface area contributed by atoms with Crippen LogP contribution in [-0.2, 0) is 4.79 Å². The highest BCUT2D eigenvalue weighted by Gasteiger charge is 2.40. The number of carbonyl (C=O) groups is 2. The van der Waals surface area contributed by atoms with Crippen LogP contribution in [0.3, 0.4) is 0 Å². The summed E-state index contributed by atoms with van der Waals surface area (Å²) in [4.78, 5) is 24.3. The zero-order chi connectivity index (χ0) is 27.4. The van der Waals surface area contributed by atoms with Gasteiger partial charge in [-0.1, -0.05) is 58.2 Å². The molecule has 196 valence electrons. The number of hydrogen-bond acceptors (Lipinski definition) is 2. The number of ketones is 1. The number of carbonyl (C=O) groups excluding carboxylic acids is 2. The monoisotopic (exact) mass is 621 g/mol. The molecule has 0 radical (unpaired) electrons. The Hall–Kier alpha value is -2.11. The van der Waals surface area contributed by atoms with Gasteiger partial charge in [0.25, 0.3) is 0 Å². The predicted molar refractivity (Wildman–Crippen MR) is 126 cm³/mol. The Kier molecular flexibility index (Phi) is 10.0. The van der Waals surface area contributed by atoms with Crippen LogP contribution in [0.25, 0.3) is 5.83 Å². The van der Waals surface area contributed by atoms with Crippen molar-refractivity contribution < 1.29 is 40.3 Å². The van der Waals surface area contributed by atoms with Crippen molar-refractivity contribution in [3.8, 4) is 0 Å². The minimum atomic E-state index is -4.86. The smallest absolute Gasteiger partial charge is 0.347 e. The molecule has 0 spiro atoms. The maximum Gasteiger partial charge on any atom is 0.405 e. The molecule has 2 atom stereocenters. The Morgan fingerprint density at radius 2 is 1.67 bits per heavy atom. The molecule has 0 aliphatic rings. The molecule has 1 N–H and O–H groups in total. The first-order valence-electron chi connectivity index (χ1n) is 10.1. The molecule has 0 heterocycles. The fourth-order valence-corrected chi connectivity index (χ4v) is 3.97. The van der Waals surface area contributed by atoms with Gasteiger partial charge in [-0.25, -0.2) is 4.39 Å². The number of hydrogen-bond donors (Lipinski definition) is 1. The van der Waals surface area contributed by atoms with Gasteiger partial charge < -0.3 is 5.32 Å². The summed E-state index contributed by atoms with van der Waals surface area (Å²) in [5.41, 5.74) is -0.640. The summed E-state index contributed by atoms with van der Waals surface area (Å²) >= 11 is 14.6. The number of alkyl halides is 6. The Morgan fingerprint density at radius 1 is 1.03 bits per heavy atom. The SMILES string of the molecule is C[C@@H](CC(=O)c1ccc(/C(F)=C/C(c2ccc(Cl)c(Cl)c2)C(F)(F)F)cc1Br)C(=O)NCC(F)(F)F. The molecule has 0 aromatic heterocycles. The van der Waals surface area contributed by atoms with Crippen molar-refractivity contribution in [3.63, 3.8) is 0 Å². The van der Waals surface area contributed by atoms with Gasteiger partial charge >= 0.3 is 12.4 Å². The normalized spacial score (nSPS) is 14.4. The van der Waals surface area contributed by atoms with Crippen LogP contribution in [0.2, 0.25) is 10.0 Å². The van der Waals surface area contributed by atoms with Crippen LogP contribution < -0.4 is 5.32 Å². The van der Waals surface area contributed by atoms with E-state index in [9.17, 15) is 40.3 Å². The van der Waals surface area contributed by atoms with Gasteiger partial charge in [-0.15, -0.1) is 0 Å². The number of allylic oxidation sites excluding steroid dienone is 1. The molecule has 2 aromatic rings. The molecule has 1 unspecified atom stereocenters. The largest absolute Gasteiger partial charge is 0.405 e. The quantitative estimate of drug-likeness (QED) is 0.238. The van der Waals surface area contributed by atoms with Crippen LogP contribution in [-0.4, -0.2) is 30.6 Å². The van der Waals surface area contributed by atoms with E-state index in [1.54, 1.807) is 5.32 Å². The average molecular weight is 623 g/mol. The summed E-state index contributed by atoms with van der Waals surface area (Å²) in [6.07, 6.45) is -9.56. The van der Waals surface area contributed by atoms with Crippen molar-refractivity contribution in [2.24, 2.45) is 5.92 Å². The number of rotatable bonds is 8. The van der Waals surface area contributed by atoms with Gasteiger partial charge in [0.2, 0.25) is 5.91 Å². The van der Waals surface area contributed by atoms with E-state index in [4.69, 9.17) is 23.2 Å². The van der Waals surface area contributed by atoms with Crippen molar-refractivity contribution in [1.82, 2.24) is 5.32 Å². The molecule has 2 aromatic carbocycles. The average Bonchev–Trinajstić information content (AvgIpc) is 2.76. The molecular formula is C23H17BrCl2F7NO2. The molecule has 0 saturated heterocycles. The lowest BCUT2D eigenvalue weighted by atomic mass is 9.95. The summed E-state index contributed by atoms with van der Waals surface area (Å²) in [6, 6.07) is 6.49. The molecule has 13 heteroatoms. The van der Waals surface area contributed by atoms with Crippen LogP contribution in [0.1, 0.15) is 40.7 Å². The maximum absolute atomic E-state index is 14.8. The summed E-state index contributed by atoms with van der Waals surface area (Å²) in [5.74, 6) is -6.30. The topological polar surface area (TPSA) is 46.2 Å². The second-order valence-corrected chi connectivity index (χ2v) is 9.43. The van der Waals surface area contributed by atoms with Gasteiger partial charge in [-0.3, -0.25) is 9.59 Å². The maximum atomic E-state index is 14.8. The third-order valence-corrected chi connectivity index (χ3v) is 6.31. The third-order valence-electron chi connectivity index (χ3n) is 4.92. The lowest BCUT2D eigenvalue weighted by Gasteiger charge is -2.18. The predicted octanol–water partition coefficient (Wildman–Crippen LogP) is 8.30. The number of nitrogens with one attached hydrogen (secondary N) is 1. The van der Waals surface area contributed by atoms with Gasteiger partial charge in [0.15, 0.2) is 5.78 Å². The third kappa shape index (κ3) is 8.48. The van der Waals surface area contributed by atoms with Crippen LogP contribution in [0.4, 0.5) is 30.7 Å². The molecule has 0 saturated carbocycles. The Morgan fingerprint density at radius 3 is 2.19 bits per heavy atom. The first-order chi connectivity index (χ1) is 16.5. The molecular weight excluding hydrogens is 606 g/mol. The van der Waals surface area contributed by atoms with E-state index in [1.807, 2.05) is 0 Å². The second-order valence-electron chi connectivity index (χ2n) is 7.76. The van der Waals surface area contributed by atoms with E-state index in [2.05, 4.69) is 15.9 Å². The number of benzene rings is 2. The van der Waals surface area contributed by atoms with Crippen LogP contribution in [0.5, 0.6) is 0 Å². The summed E-state index contributed by atoms with van der Waals surface area (Å²) < 4.78 is 92.5. The fraction of sp³-hybridized carbons (Fsp3) is 0.304. The molecule has 0 aliphatic carbocycles. The number of amides is 1. The lowest BCUT2D eigenvalue weighted by molar-refractivity contribution is -0.140. The van der Waals surface area contributed by atoms with Gasteiger partial charge in [0.1, 0.15) is 18.3 Å². The van der Waals surface area contributed by atoms with E-state index in [0.717, 1.165) is 36.4 Å². The molecule has 1 amide bonds. The van der Waals surface area contributed by atoms with E-state index < -0.39 is 54.7 Å². The number of halogens is 10. The highest BCUT2D eigenvalue weighted by atomic mass is 79.9. The van der Waals surface area contributed by atoms with Crippen molar-refractivity contribution in [3.05, 3.63) is 73.7 Å². The van der Waals surface area contributed by atoms with E-state index in [1.165, 1.54) is 6.92 Å². The minimum absolute atomic E-state index is 0.0227. The summed E-state index contributed by atoms with van der Waals surface area (Å²) in [6.45, 7) is -0.288. The zero-order valence-corrected chi connectivity index (χ0v) is 21.3. The standard InChI is InChI=1S/C23H17BrCl2F7NO2/c1-11(21(36)34-10-22(28,29)30)6-20(35)14-4-2-13(7-16(14)24)19(27)9-15(23(31,32)33)12-3-5-17(25)18(26)8-12/h2-5,7-9,11,15H,6,10H2,1H3,(H,34,36)/b19-9-/t11-,15?/m0/s1. The summed E-state index contributed by atoms with van der Waals surface area (Å²) in [7, 11) is 0. The number of Topliss-reactive ketones (excluding diaryl/α,β-unsaturated/α-hetero) is 1. The molecule has 0 fully saturated rings. The van der Waals surface area contributed by atoms with E-state index in [-0.39, 0.29) is 31.2 Å². The Balaban J connectivity index is 2.23. The van der Waals surface area contributed by atoms with E-state index >= 15 is 0 Å². The molecule has 3 nitrogen and oxygen atoms in total. The lowest BCUT2D eigenvalue weighted by Crippen LogP contribution is -2.37. The Bertz CT molecular complexity index is 1170. The molecule has 0 bridgehead atoms. The van der Waals surface area contributed by atoms with Crippen LogP contribution in [0, 0.1) is 5.92 Å². The first kappa shape index (κ1) is 30.1. The van der Waals surface area contributed by atoms with Gasteiger partial charge in [0, 0.05) is 27.9 Å². The van der Waals surface area contributed by atoms with Gasteiger partial charge in [-0.2, -0.15) is 26.3 Å². The van der Waals surface area contributed by atoms with Gasteiger partial charge in [-0.05, 0) is 35.9 Å². The van der Waals surface area contributed by atoms with Crippen molar-refractivity contribution in [1.29, 1.82) is 0 Å². The van der Waals surface area contributed by atoms with Crippen LogP contribution >= 0.6 is 39.1 Å². The fourth-order valence-electron chi connectivity index (χ4n) is 3.06. The second kappa shape index (κ2) is 12.0. The molecule has 2 rings (SSSR count). The van der Waals surface area contributed by atoms with E-state index in [0.29, 0.717) is 6.08 Å². The highest BCUT2D eigenvalue weighted by molar-refractivity contribution is 9.10. The molecule has 0 aliphatic heterocycles. The van der Waals surface area contributed by atoms with Crippen molar-refractivity contribution in [2.45, 2.75) is 31.6 Å². The Labute approximate surface area is 219 Å². The molecule has 36 heavy (non-hydrogen) atoms. The zero-order valence-electron chi connectivity index (χ0n) is 18.2. The van der Waals surface area contributed by atoms with Gasteiger partial charge in [0.05, 0.1) is 10.0 Å². The van der Waals surface area contributed by atoms with Crippen LogP contribution in [0.15, 0.2) is 46.9 Å². The first-order valence-corrected chi connectivity index (χ1v) is 11.6. The minimum Gasteiger partial charge on any atom is -0.347 e.